The number of carbonyl (C=O) groups is 3. The van der Waals surface area contributed by atoms with E-state index in [1.54, 1.807) is 11.0 Å². The van der Waals surface area contributed by atoms with Crippen molar-refractivity contribution in [3.8, 4) is 0 Å². The molecule has 0 aromatic heterocycles. The summed E-state index contributed by atoms with van der Waals surface area (Å²) in [6.45, 7) is 3.81. The first-order valence-electron chi connectivity index (χ1n) is 10.2. The minimum absolute atomic E-state index is 0.0805. The number of benzene rings is 3. The minimum atomic E-state index is -0.585. The number of hydrogen-bond donors (Lipinski definition) is 1. The molecule has 6 heteroatoms. The Hall–Kier alpha value is -3.67. The molecule has 158 valence electrons. The molecule has 1 saturated heterocycles. The lowest BCUT2D eigenvalue weighted by Crippen LogP contribution is -2.28. The summed E-state index contributed by atoms with van der Waals surface area (Å²) in [7, 11) is 0. The van der Waals surface area contributed by atoms with Gasteiger partial charge < -0.3 is 15.0 Å². The molecule has 1 atom stereocenters. The predicted molar refractivity (Wildman–Crippen MR) is 120 cm³/mol. The largest absolute Gasteiger partial charge is 0.455 e. The average Bonchev–Trinajstić information content (AvgIpc) is 3.16. The SMILES string of the molecule is Cc1cccc(N2C[C@@H](C(=O)OCC(=O)Nc3cccc4ccccc34)CC2=O)c1C. The fraction of sp³-hybridized carbons (Fsp3) is 0.240. The zero-order chi connectivity index (χ0) is 22.0. The molecule has 1 aliphatic heterocycles. The van der Waals surface area contributed by atoms with E-state index in [0.717, 1.165) is 27.6 Å². The number of hydrogen-bond acceptors (Lipinski definition) is 4. The molecule has 3 aromatic carbocycles. The molecule has 4 rings (SSSR count). The van der Waals surface area contributed by atoms with Gasteiger partial charge in [0.15, 0.2) is 6.61 Å². The van der Waals surface area contributed by atoms with Crippen LogP contribution in [-0.4, -0.2) is 30.9 Å². The second kappa shape index (κ2) is 8.60. The summed E-state index contributed by atoms with van der Waals surface area (Å²) in [5, 5.41) is 4.71. The highest BCUT2D eigenvalue weighted by molar-refractivity contribution is 6.03. The van der Waals surface area contributed by atoms with Crippen LogP contribution in [0.2, 0.25) is 0 Å². The van der Waals surface area contributed by atoms with Gasteiger partial charge in [0.25, 0.3) is 5.91 Å². The molecule has 1 heterocycles. The van der Waals surface area contributed by atoms with Gasteiger partial charge in [0.1, 0.15) is 0 Å². The van der Waals surface area contributed by atoms with Crippen LogP contribution in [0.1, 0.15) is 17.5 Å². The Morgan fingerprint density at radius 1 is 1.03 bits per heavy atom. The molecule has 0 aliphatic carbocycles. The zero-order valence-corrected chi connectivity index (χ0v) is 17.6. The van der Waals surface area contributed by atoms with E-state index in [0.29, 0.717) is 5.69 Å². The van der Waals surface area contributed by atoms with Crippen LogP contribution in [0.15, 0.2) is 60.7 Å². The molecule has 0 radical (unpaired) electrons. The van der Waals surface area contributed by atoms with Crippen molar-refractivity contribution in [1.29, 1.82) is 0 Å². The van der Waals surface area contributed by atoms with E-state index >= 15 is 0 Å². The van der Waals surface area contributed by atoms with Crippen molar-refractivity contribution < 1.29 is 19.1 Å². The first-order chi connectivity index (χ1) is 14.9. The number of ether oxygens (including phenoxy) is 1. The van der Waals surface area contributed by atoms with E-state index in [1.165, 1.54) is 0 Å². The van der Waals surface area contributed by atoms with E-state index in [-0.39, 0.29) is 18.9 Å². The number of anilines is 2. The second-order valence-electron chi connectivity index (χ2n) is 7.81. The Kier molecular flexibility index (Phi) is 5.71. The van der Waals surface area contributed by atoms with Crippen LogP contribution >= 0.6 is 0 Å². The molecule has 1 aliphatic rings. The molecule has 3 aromatic rings. The number of nitrogens with zero attached hydrogens (tertiary/aromatic N) is 1. The fourth-order valence-electron chi connectivity index (χ4n) is 3.90. The summed E-state index contributed by atoms with van der Waals surface area (Å²) < 4.78 is 5.23. The smallest absolute Gasteiger partial charge is 0.311 e. The third-order valence-electron chi connectivity index (χ3n) is 5.73. The van der Waals surface area contributed by atoms with E-state index in [4.69, 9.17) is 4.74 Å². The molecule has 0 saturated carbocycles. The van der Waals surface area contributed by atoms with Crippen molar-refractivity contribution in [3.63, 3.8) is 0 Å². The van der Waals surface area contributed by atoms with Gasteiger partial charge in [-0.1, -0.05) is 48.5 Å². The molecule has 6 nitrogen and oxygen atoms in total. The van der Waals surface area contributed by atoms with Crippen molar-refractivity contribution in [2.24, 2.45) is 5.92 Å². The van der Waals surface area contributed by atoms with Crippen LogP contribution < -0.4 is 10.2 Å². The summed E-state index contributed by atoms with van der Waals surface area (Å²) >= 11 is 0. The molecule has 2 amide bonds. The van der Waals surface area contributed by atoms with E-state index in [9.17, 15) is 14.4 Å². The van der Waals surface area contributed by atoms with Gasteiger partial charge in [-0.2, -0.15) is 0 Å². The highest BCUT2D eigenvalue weighted by Crippen LogP contribution is 2.30. The van der Waals surface area contributed by atoms with Gasteiger partial charge in [-0.15, -0.1) is 0 Å². The molecular weight excluding hydrogens is 392 g/mol. The normalized spacial score (nSPS) is 15.9. The van der Waals surface area contributed by atoms with Gasteiger partial charge in [0.2, 0.25) is 5.91 Å². The molecule has 0 unspecified atom stereocenters. The van der Waals surface area contributed by atoms with Gasteiger partial charge >= 0.3 is 5.97 Å². The van der Waals surface area contributed by atoms with Gasteiger partial charge in [0.05, 0.1) is 5.92 Å². The highest BCUT2D eigenvalue weighted by atomic mass is 16.5. The number of rotatable bonds is 5. The van der Waals surface area contributed by atoms with Crippen LogP contribution in [0.25, 0.3) is 10.8 Å². The van der Waals surface area contributed by atoms with E-state index in [2.05, 4.69) is 5.32 Å². The van der Waals surface area contributed by atoms with Crippen molar-refractivity contribution in [2.45, 2.75) is 20.3 Å². The predicted octanol–water partition coefficient (Wildman–Crippen LogP) is 3.99. The van der Waals surface area contributed by atoms with E-state index < -0.39 is 24.4 Å². The maximum Gasteiger partial charge on any atom is 0.311 e. The van der Waals surface area contributed by atoms with Crippen LogP contribution in [0, 0.1) is 19.8 Å². The third-order valence-corrected chi connectivity index (χ3v) is 5.73. The summed E-state index contributed by atoms with van der Waals surface area (Å²) in [6, 6.07) is 19.1. The number of carbonyl (C=O) groups excluding carboxylic acids is 3. The molecule has 1 N–H and O–H groups in total. The van der Waals surface area contributed by atoms with Crippen LogP contribution in [0.4, 0.5) is 11.4 Å². The monoisotopic (exact) mass is 416 g/mol. The molecular formula is C25H24N2O4. The van der Waals surface area contributed by atoms with Gasteiger partial charge in [-0.25, -0.2) is 0 Å². The topological polar surface area (TPSA) is 75.7 Å². The van der Waals surface area contributed by atoms with Crippen LogP contribution in [0.3, 0.4) is 0 Å². The third kappa shape index (κ3) is 4.28. The molecule has 31 heavy (non-hydrogen) atoms. The van der Waals surface area contributed by atoms with Gasteiger partial charge in [-0.05, 0) is 42.5 Å². The van der Waals surface area contributed by atoms with Crippen molar-refractivity contribution in [1.82, 2.24) is 0 Å². The Balaban J connectivity index is 1.36. The summed E-state index contributed by atoms with van der Waals surface area (Å²) in [5.41, 5.74) is 3.58. The fourth-order valence-corrected chi connectivity index (χ4v) is 3.90. The molecule has 1 fully saturated rings. The summed E-state index contributed by atoms with van der Waals surface area (Å²) in [4.78, 5) is 39.0. The van der Waals surface area contributed by atoms with Crippen LogP contribution in [0.5, 0.6) is 0 Å². The average molecular weight is 416 g/mol. The number of esters is 1. The number of fused-ring (bicyclic) bond motifs is 1. The Morgan fingerprint density at radius 3 is 2.61 bits per heavy atom. The zero-order valence-electron chi connectivity index (χ0n) is 17.6. The quantitative estimate of drug-likeness (QED) is 0.638. The second-order valence-corrected chi connectivity index (χ2v) is 7.81. The first kappa shape index (κ1) is 20.6. The lowest BCUT2D eigenvalue weighted by Gasteiger charge is -2.20. The van der Waals surface area contributed by atoms with Gasteiger partial charge in [0, 0.05) is 29.7 Å². The van der Waals surface area contributed by atoms with E-state index in [1.807, 2.05) is 68.4 Å². The molecule has 0 bridgehead atoms. The van der Waals surface area contributed by atoms with Crippen molar-refractivity contribution >= 4 is 39.9 Å². The molecule has 0 spiro atoms. The van der Waals surface area contributed by atoms with Crippen molar-refractivity contribution in [2.75, 3.05) is 23.4 Å². The lowest BCUT2D eigenvalue weighted by atomic mass is 10.1. The Morgan fingerprint density at radius 2 is 1.77 bits per heavy atom. The number of amides is 2. The standard InChI is InChI=1S/C25H24N2O4/c1-16-7-5-12-22(17(16)2)27-14-19(13-24(27)29)25(30)31-15-23(28)26-21-11-6-9-18-8-3-4-10-20(18)21/h3-12,19H,13-15H2,1-2H3,(H,26,28)/t19-/m0/s1. The van der Waals surface area contributed by atoms with Crippen molar-refractivity contribution in [3.05, 3.63) is 71.8 Å². The lowest BCUT2D eigenvalue weighted by molar-refractivity contribution is -0.151. The highest BCUT2D eigenvalue weighted by Gasteiger charge is 2.37. The maximum absolute atomic E-state index is 12.5. The maximum atomic E-state index is 12.5. The summed E-state index contributed by atoms with van der Waals surface area (Å²) in [6.07, 6.45) is 0.0805. The van der Waals surface area contributed by atoms with Gasteiger partial charge in [-0.3, -0.25) is 14.4 Å². The summed E-state index contributed by atoms with van der Waals surface area (Å²) in [5.74, 6) is -1.65. The minimum Gasteiger partial charge on any atom is -0.455 e. The van der Waals surface area contributed by atoms with Crippen LogP contribution in [-0.2, 0) is 19.1 Å². The first-order valence-corrected chi connectivity index (χ1v) is 10.2. The Labute approximate surface area is 180 Å². The number of aryl methyl sites for hydroxylation is 1. The number of nitrogens with one attached hydrogen (secondary N) is 1. The Bertz CT molecular complexity index is 1170.